The Hall–Kier alpha value is -1.08. The summed E-state index contributed by atoms with van der Waals surface area (Å²) >= 11 is 1.22. The first-order valence-electron chi connectivity index (χ1n) is 6.02. The molecule has 0 aliphatic heterocycles. The minimum absolute atomic E-state index is 0.0244. The fourth-order valence-corrected chi connectivity index (χ4v) is 2.54. The fraction of sp³-hybridized carbons (Fsp3) is 0.727. The highest BCUT2D eigenvalue weighted by atomic mass is 32.2. The molecule has 0 saturated heterocycles. The molecular weight excluding hydrogens is 252 g/mol. The van der Waals surface area contributed by atoms with E-state index in [0.29, 0.717) is 5.16 Å². The zero-order valence-electron chi connectivity index (χ0n) is 10.7. The third-order valence-electron chi connectivity index (χ3n) is 3.07. The lowest BCUT2D eigenvalue weighted by Crippen LogP contribution is -2.25. The van der Waals surface area contributed by atoms with Crippen LogP contribution in [0.3, 0.4) is 0 Å². The van der Waals surface area contributed by atoms with Gasteiger partial charge in [-0.1, -0.05) is 11.8 Å². The number of aryl methyl sites for hydroxylation is 1. The summed E-state index contributed by atoms with van der Waals surface area (Å²) in [4.78, 5) is 12.9. The number of rotatable bonds is 7. The number of likely N-dealkylation sites (N-methyl/N-ethyl adjacent to an activating group) is 1. The standard InChI is InChI=1S/C11H18N4O2S/c1-8-12-13-11(18-7-10(16)17)15(8)6-5-14(2)9-3-4-9/h9H,3-7H2,1-2H3,(H,16,17). The van der Waals surface area contributed by atoms with Crippen molar-refractivity contribution in [2.75, 3.05) is 19.3 Å². The molecule has 0 bridgehead atoms. The van der Waals surface area contributed by atoms with Crippen molar-refractivity contribution in [1.82, 2.24) is 19.7 Å². The molecule has 0 atom stereocenters. The van der Waals surface area contributed by atoms with E-state index in [1.165, 1.54) is 24.6 Å². The number of carboxylic acids is 1. The molecule has 1 aromatic rings. The highest BCUT2D eigenvalue weighted by Gasteiger charge is 2.25. The van der Waals surface area contributed by atoms with E-state index in [0.717, 1.165) is 25.0 Å². The van der Waals surface area contributed by atoms with E-state index >= 15 is 0 Å². The molecule has 100 valence electrons. The van der Waals surface area contributed by atoms with E-state index in [1.54, 1.807) is 0 Å². The largest absolute Gasteiger partial charge is 0.481 e. The molecule has 0 radical (unpaired) electrons. The van der Waals surface area contributed by atoms with E-state index in [-0.39, 0.29) is 5.75 Å². The van der Waals surface area contributed by atoms with Crippen LogP contribution in [-0.2, 0) is 11.3 Å². The molecule has 1 aromatic heterocycles. The summed E-state index contributed by atoms with van der Waals surface area (Å²) in [5.41, 5.74) is 0. The molecule has 6 nitrogen and oxygen atoms in total. The van der Waals surface area contributed by atoms with Gasteiger partial charge in [0.25, 0.3) is 0 Å². The van der Waals surface area contributed by atoms with Gasteiger partial charge in [0, 0.05) is 19.1 Å². The van der Waals surface area contributed by atoms with Gasteiger partial charge in [-0.25, -0.2) is 0 Å². The molecule has 0 amide bonds. The molecule has 0 unspecified atom stereocenters. The van der Waals surface area contributed by atoms with E-state index in [1.807, 2.05) is 11.5 Å². The topological polar surface area (TPSA) is 71.2 Å². The lowest BCUT2D eigenvalue weighted by atomic mass is 10.5. The Morgan fingerprint density at radius 1 is 1.56 bits per heavy atom. The van der Waals surface area contributed by atoms with Crippen LogP contribution in [-0.4, -0.2) is 56.1 Å². The minimum atomic E-state index is -0.831. The van der Waals surface area contributed by atoms with Crippen LogP contribution in [0.5, 0.6) is 0 Å². The van der Waals surface area contributed by atoms with E-state index in [2.05, 4.69) is 22.1 Å². The Morgan fingerprint density at radius 3 is 2.89 bits per heavy atom. The molecule has 1 fully saturated rings. The molecule has 18 heavy (non-hydrogen) atoms. The molecule has 2 rings (SSSR count). The smallest absolute Gasteiger partial charge is 0.313 e. The predicted molar refractivity (Wildman–Crippen MR) is 68.8 cm³/mol. The van der Waals surface area contributed by atoms with Crippen molar-refractivity contribution in [3.8, 4) is 0 Å². The predicted octanol–water partition coefficient (Wildman–Crippen LogP) is 0.857. The second kappa shape index (κ2) is 5.71. The Balaban J connectivity index is 1.92. The van der Waals surface area contributed by atoms with Crippen molar-refractivity contribution in [2.45, 2.75) is 37.5 Å². The first kappa shape index (κ1) is 13.4. The number of aromatic nitrogens is 3. The molecule has 0 spiro atoms. The third kappa shape index (κ3) is 3.46. The Bertz CT molecular complexity index is 431. The highest BCUT2D eigenvalue weighted by Crippen LogP contribution is 2.25. The van der Waals surface area contributed by atoms with Crippen molar-refractivity contribution >= 4 is 17.7 Å². The van der Waals surface area contributed by atoms with Gasteiger partial charge in [-0.3, -0.25) is 4.79 Å². The average molecular weight is 270 g/mol. The third-order valence-corrected chi connectivity index (χ3v) is 4.02. The van der Waals surface area contributed by atoms with Crippen LogP contribution in [0.1, 0.15) is 18.7 Å². The number of carboxylic acid groups (broad SMARTS) is 1. The number of thioether (sulfide) groups is 1. The van der Waals surface area contributed by atoms with E-state index in [4.69, 9.17) is 5.11 Å². The number of hydrogen-bond donors (Lipinski definition) is 1. The maximum absolute atomic E-state index is 10.6. The van der Waals surface area contributed by atoms with Crippen LogP contribution in [0.4, 0.5) is 0 Å². The molecule has 1 N–H and O–H groups in total. The van der Waals surface area contributed by atoms with Crippen molar-refractivity contribution in [2.24, 2.45) is 0 Å². The van der Waals surface area contributed by atoms with Crippen molar-refractivity contribution in [3.05, 3.63) is 5.82 Å². The van der Waals surface area contributed by atoms with Gasteiger partial charge in [0.2, 0.25) is 0 Å². The van der Waals surface area contributed by atoms with Crippen LogP contribution < -0.4 is 0 Å². The maximum Gasteiger partial charge on any atom is 0.313 e. The SMILES string of the molecule is Cc1nnc(SCC(=O)O)n1CCN(C)C1CC1. The van der Waals surface area contributed by atoms with Gasteiger partial charge in [0.15, 0.2) is 5.16 Å². The van der Waals surface area contributed by atoms with Crippen LogP contribution in [0.25, 0.3) is 0 Å². The van der Waals surface area contributed by atoms with Gasteiger partial charge in [-0.05, 0) is 26.8 Å². The molecule has 1 aliphatic carbocycles. The first-order valence-corrected chi connectivity index (χ1v) is 7.01. The molecular formula is C11H18N4O2S. The minimum Gasteiger partial charge on any atom is -0.481 e. The highest BCUT2D eigenvalue weighted by molar-refractivity contribution is 7.99. The average Bonchev–Trinajstić information content (AvgIpc) is 3.10. The van der Waals surface area contributed by atoms with Crippen molar-refractivity contribution in [1.29, 1.82) is 0 Å². The summed E-state index contributed by atoms with van der Waals surface area (Å²) in [5, 5.41) is 17.4. The molecule has 7 heteroatoms. The quantitative estimate of drug-likeness (QED) is 0.741. The summed E-state index contributed by atoms with van der Waals surface area (Å²) in [5.74, 6) is 0.0331. The summed E-state index contributed by atoms with van der Waals surface area (Å²) in [6.45, 7) is 3.66. The molecule has 1 aliphatic rings. The number of carbonyl (C=O) groups is 1. The van der Waals surface area contributed by atoms with Gasteiger partial charge in [-0.15, -0.1) is 10.2 Å². The van der Waals surface area contributed by atoms with Gasteiger partial charge < -0.3 is 14.6 Å². The Kier molecular flexibility index (Phi) is 4.23. The Labute approximate surface area is 110 Å². The number of aliphatic carboxylic acids is 1. The Morgan fingerprint density at radius 2 is 2.28 bits per heavy atom. The first-order chi connectivity index (χ1) is 8.58. The van der Waals surface area contributed by atoms with Crippen molar-refractivity contribution in [3.63, 3.8) is 0 Å². The van der Waals surface area contributed by atoms with E-state index in [9.17, 15) is 4.79 Å². The number of hydrogen-bond acceptors (Lipinski definition) is 5. The van der Waals surface area contributed by atoms with Gasteiger partial charge in [-0.2, -0.15) is 0 Å². The normalized spacial score (nSPS) is 15.3. The summed E-state index contributed by atoms with van der Waals surface area (Å²) in [6.07, 6.45) is 2.58. The zero-order valence-corrected chi connectivity index (χ0v) is 11.5. The second-order valence-corrected chi connectivity index (χ2v) is 5.52. The number of nitrogens with zero attached hydrogens (tertiary/aromatic N) is 4. The van der Waals surface area contributed by atoms with Crippen LogP contribution in [0.15, 0.2) is 5.16 Å². The van der Waals surface area contributed by atoms with Crippen LogP contribution in [0.2, 0.25) is 0 Å². The summed E-state index contributed by atoms with van der Waals surface area (Å²) < 4.78 is 1.99. The van der Waals surface area contributed by atoms with Crippen LogP contribution >= 0.6 is 11.8 Å². The summed E-state index contributed by atoms with van der Waals surface area (Å²) in [6, 6.07) is 0.733. The maximum atomic E-state index is 10.6. The lowest BCUT2D eigenvalue weighted by Gasteiger charge is -2.16. The van der Waals surface area contributed by atoms with Gasteiger partial charge >= 0.3 is 5.97 Å². The zero-order chi connectivity index (χ0) is 13.1. The van der Waals surface area contributed by atoms with Crippen LogP contribution in [0, 0.1) is 6.92 Å². The molecule has 1 saturated carbocycles. The van der Waals surface area contributed by atoms with Gasteiger partial charge in [0.05, 0.1) is 5.75 Å². The summed E-state index contributed by atoms with van der Waals surface area (Å²) in [7, 11) is 2.13. The van der Waals surface area contributed by atoms with Crippen molar-refractivity contribution < 1.29 is 9.90 Å². The van der Waals surface area contributed by atoms with Gasteiger partial charge in [0.1, 0.15) is 5.82 Å². The second-order valence-electron chi connectivity index (χ2n) is 4.58. The lowest BCUT2D eigenvalue weighted by molar-refractivity contribution is -0.133. The monoisotopic (exact) mass is 270 g/mol. The molecule has 1 heterocycles. The van der Waals surface area contributed by atoms with E-state index < -0.39 is 5.97 Å². The fourth-order valence-electron chi connectivity index (χ4n) is 1.81. The molecule has 0 aromatic carbocycles.